The van der Waals surface area contributed by atoms with E-state index in [-0.39, 0.29) is 12.5 Å². The molecular weight excluding hydrogens is 374 g/mol. The SMILES string of the molecule is O=C(Cn1nnn(-c2ccccc2Cl)c1=O)NCCSc1ccccc1. The summed E-state index contributed by atoms with van der Waals surface area (Å²) in [5, 5.41) is 10.7. The second kappa shape index (κ2) is 8.68. The smallest absolute Gasteiger partial charge is 0.354 e. The zero-order chi connectivity index (χ0) is 18.4. The highest BCUT2D eigenvalue weighted by Crippen LogP contribution is 2.17. The molecule has 134 valence electrons. The Bertz CT molecular complexity index is 942. The van der Waals surface area contributed by atoms with Crippen LogP contribution < -0.4 is 11.0 Å². The fourth-order valence-corrected chi connectivity index (χ4v) is 3.22. The van der Waals surface area contributed by atoms with E-state index in [1.54, 1.807) is 36.0 Å². The highest BCUT2D eigenvalue weighted by molar-refractivity contribution is 7.99. The number of nitrogens with zero attached hydrogens (tertiary/aromatic N) is 4. The standard InChI is InChI=1S/C17H16ClN5O2S/c18-14-8-4-5-9-15(14)23-17(25)22(20-21-23)12-16(24)19-10-11-26-13-6-2-1-3-7-13/h1-9H,10-12H2,(H,19,24). The molecule has 1 aromatic heterocycles. The molecular formula is C17H16ClN5O2S. The molecule has 26 heavy (non-hydrogen) atoms. The molecule has 0 aliphatic heterocycles. The Hall–Kier alpha value is -2.58. The largest absolute Gasteiger partial charge is 0.369 e. The fourth-order valence-electron chi connectivity index (χ4n) is 2.22. The third-order valence-electron chi connectivity index (χ3n) is 3.45. The summed E-state index contributed by atoms with van der Waals surface area (Å²) in [6, 6.07) is 16.7. The predicted molar refractivity (Wildman–Crippen MR) is 101 cm³/mol. The van der Waals surface area contributed by atoms with E-state index in [1.165, 1.54) is 0 Å². The molecule has 0 aliphatic rings. The van der Waals surface area contributed by atoms with Gasteiger partial charge in [-0.15, -0.1) is 11.8 Å². The average molecular weight is 390 g/mol. The Morgan fingerprint density at radius 3 is 2.58 bits per heavy atom. The summed E-state index contributed by atoms with van der Waals surface area (Å²) in [5.41, 5.74) is -0.100. The van der Waals surface area contributed by atoms with Crippen molar-refractivity contribution >= 4 is 29.3 Å². The summed E-state index contributed by atoms with van der Waals surface area (Å²) in [6.07, 6.45) is 0. The third kappa shape index (κ3) is 4.53. The van der Waals surface area contributed by atoms with E-state index in [4.69, 9.17) is 11.6 Å². The zero-order valence-electron chi connectivity index (χ0n) is 13.7. The Balaban J connectivity index is 1.54. The van der Waals surface area contributed by atoms with Gasteiger partial charge in [-0.2, -0.15) is 9.36 Å². The first-order valence-electron chi connectivity index (χ1n) is 7.87. The summed E-state index contributed by atoms with van der Waals surface area (Å²) in [6.45, 7) is 0.297. The van der Waals surface area contributed by atoms with Gasteiger partial charge in [0.1, 0.15) is 6.54 Å². The van der Waals surface area contributed by atoms with Gasteiger partial charge in [0.05, 0.1) is 10.7 Å². The Kier molecular flexibility index (Phi) is 6.08. The molecule has 0 spiro atoms. The molecule has 0 bridgehead atoms. The first kappa shape index (κ1) is 18.2. The van der Waals surface area contributed by atoms with Gasteiger partial charge in [-0.05, 0) is 34.7 Å². The van der Waals surface area contributed by atoms with Crippen molar-refractivity contribution < 1.29 is 4.79 Å². The van der Waals surface area contributed by atoms with E-state index in [0.717, 1.165) is 20.0 Å². The van der Waals surface area contributed by atoms with Crippen LogP contribution in [0.3, 0.4) is 0 Å². The van der Waals surface area contributed by atoms with E-state index in [2.05, 4.69) is 15.7 Å². The number of benzene rings is 2. The van der Waals surface area contributed by atoms with Crippen molar-refractivity contribution in [2.45, 2.75) is 11.4 Å². The van der Waals surface area contributed by atoms with E-state index in [9.17, 15) is 9.59 Å². The van der Waals surface area contributed by atoms with Gasteiger partial charge in [0.25, 0.3) is 0 Å². The molecule has 3 aromatic rings. The molecule has 3 rings (SSSR count). The molecule has 0 fully saturated rings. The van der Waals surface area contributed by atoms with Crippen LogP contribution in [0.1, 0.15) is 0 Å². The van der Waals surface area contributed by atoms with Gasteiger partial charge in [-0.1, -0.05) is 41.9 Å². The van der Waals surface area contributed by atoms with Crippen molar-refractivity contribution in [1.82, 2.24) is 25.1 Å². The van der Waals surface area contributed by atoms with Crippen molar-refractivity contribution in [2.75, 3.05) is 12.3 Å². The minimum absolute atomic E-state index is 0.195. The molecule has 1 heterocycles. The topological polar surface area (TPSA) is 81.8 Å². The van der Waals surface area contributed by atoms with Gasteiger partial charge < -0.3 is 5.32 Å². The van der Waals surface area contributed by atoms with Gasteiger partial charge in [0, 0.05) is 17.2 Å². The van der Waals surface area contributed by atoms with Gasteiger partial charge in [-0.25, -0.2) is 4.79 Å². The van der Waals surface area contributed by atoms with Crippen LogP contribution >= 0.6 is 23.4 Å². The van der Waals surface area contributed by atoms with Crippen molar-refractivity contribution in [1.29, 1.82) is 0 Å². The number of carbonyl (C=O) groups excluding carboxylic acids is 1. The number of amides is 1. The minimum atomic E-state index is -0.521. The van der Waals surface area contributed by atoms with Crippen LogP contribution in [0, 0.1) is 0 Å². The van der Waals surface area contributed by atoms with Crippen LogP contribution in [0.15, 0.2) is 64.3 Å². The van der Waals surface area contributed by atoms with Crippen LogP contribution in [0.2, 0.25) is 5.02 Å². The minimum Gasteiger partial charge on any atom is -0.354 e. The molecule has 0 aliphatic carbocycles. The van der Waals surface area contributed by atoms with Crippen molar-refractivity contribution in [2.24, 2.45) is 0 Å². The molecule has 1 N–H and O–H groups in total. The molecule has 2 aromatic carbocycles. The number of hydrogen-bond donors (Lipinski definition) is 1. The number of aromatic nitrogens is 4. The molecule has 0 saturated heterocycles. The summed E-state index contributed by atoms with van der Waals surface area (Å²) in [5.74, 6) is 0.434. The first-order valence-corrected chi connectivity index (χ1v) is 9.24. The first-order chi connectivity index (χ1) is 12.6. The molecule has 1 amide bonds. The average Bonchev–Trinajstić information content (AvgIpc) is 3.00. The van der Waals surface area contributed by atoms with Gasteiger partial charge in [-0.3, -0.25) is 4.79 Å². The Morgan fingerprint density at radius 1 is 1.08 bits per heavy atom. The number of para-hydroxylation sites is 1. The molecule has 0 atom stereocenters. The molecule has 0 unspecified atom stereocenters. The van der Waals surface area contributed by atoms with Gasteiger partial charge in [0.2, 0.25) is 5.91 Å². The van der Waals surface area contributed by atoms with Crippen LogP contribution in [0.5, 0.6) is 0 Å². The molecule has 0 saturated carbocycles. The van der Waals surface area contributed by atoms with Crippen LogP contribution in [-0.4, -0.2) is 38.0 Å². The number of rotatable bonds is 7. The molecule has 9 heteroatoms. The second-order valence-electron chi connectivity index (χ2n) is 5.29. The maximum absolute atomic E-state index is 12.3. The van der Waals surface area contributed by atoms with Gasteiger partial charge in [0.15, 0.2) is 0 Å². The number of carbonyl (C=O) groups is 1. The van der Waals surface area contributed by atoms with Crippen LogP contribution in [0.25, 0.3) is 5.69 Å². The number of nitrogens with one attached hydrogen (secondary N) is 1. The summed E-state index contributed by atoms with van der Waals surface area (Å²) < 4.78 is 2.07. The van der Waals surface area contributed by atoms with Gasteiger partial charge >= 0.3 is 5.69 Å². The maximum atomic E-state index is 12.3. The monoisotopic (exact) mass is 389 g/mol. The lowest BCUT2D eigenvalue weighted by Gasteiger charge is -2.04. The second-order valence-corrected chi connectivity index (χ2v) is 6.87. The predicted octanol–water partition coefficient (Wildman–Crippen LogP) is 1.99. The Labute approximate surface area is 158 Å². The maximum Gasteiger partial charge on any atom is 0.369 e. The third-order valence-corrected chi connectivity index (χ3v) is 4.78. The summed E-state index contributed by atoms with van der Waals surface area (Å²) in [4.78, 5) is 25.5. The van der Waals surface area contributed by atoms with E-state index in [0.29, 0.717) is 17.3 Å². The fraction of sp³-hybridized carbons (Fsp3) is 0.176. The lowest BCUT2D eigenvalue weighted by atomic mass is 10.3. The van der Waals surface area contributed by atoms with Crippen molar-refractivity contribution in [3.63, 3.8) is 0 Å². The number of halogens is 1. The number of hydrogen-bond acceptors (Lipinski definition) is 5. The van der Waals surface area contributed by atoms with Crippen molar-refractivity contribution in [3.05, 3.63) is 70.1 Å². The van der Waals surface area contributed by atoms with E-state index in [1.807, 2.05) is 30.3 Å². The molecule has 0 radical (unpaired) electrons. The number of tetrazole rings is 1. The summed E-state index contributed by atoms with van der Waals surface area (Å²) >= 11 is 7.71. The highest BCUT2D eigenvalue weighted by Gasteiger charge is 2.13. The molecule has 7 nitrogen and oxygen atoms in total. The lowest BCUT2D eigenvalue weighted by molar-refractivity contribution is -0.121. The van der Waals surface area contributed by atoms with Crippen LogP contribution in [-0.2, 0) is 11.3 Å². The lowest BCUT2D eigenvalue weighted by Crippen LogP contribution is -2.34. The summed E-state index contributed by atoms with van der Waals surface area (Å²) in [7, 11) is 0. The zero-order valence-corrected chi connectivity index (χ0v) is 15.3. The van der Waals surface area contributed by atoms with E-state index < -0.39 is 5.69 Å². The quantitative estimate of drug-likeness (QED) is 0.493. The van der Waals surface area contributed by atoms with E-state index >= 15 is 0 Å². The van der Waals surface area contributed by atoms with Crippen LogP contribution in [0.4, 0.5) is 0 Å². The highest BCUT2D eigenvalue weighted by atomic mass is 35.5. The normalized spacial score (nSPS) is 10.7. The Morgan fingerprint density at radius 2 is 1.81 bits per heavy atom. The van der Waals surface area contributed by atoms with Crippen molar-refractivity contribution in [3.8, 4) is 5.69 Å². The number of thioether (sulfide) groups is 1.